The van der Waals surface area contributed by atoms with Gasteiger partial charge in [-0.05, 0) is 31.5 Å². The molecule has 2 rings (SSSR count). The number of carboxylic acid groups (broad SMARTS) is 1. The Bertz CT molecular complexity index is 686. The summed E-state index contributed by atoms with van der Waals surface area (Å²) in [7, 11) is 0. The molecule has 2 aromatic rings. The fraction of sp³-hybridized carbons (Fsp3) is 0.200. The van der Waals surface area contributed by atoms with E-state index in [4.69, 9.17) is 5.11 Å². The third kappa shape index (κ3) is 2.91. The molecule has 0 radical (unpaired) electrons. The second kappa shape index (κ2) is 5.10. The number of aliphatic carboxylic acids is 1. The highest BCUT2D eigenvalue weighted by molar-refractivity contribution is 5.70. The number of hydrogen-bond donors (Lipinski definition) is 1. The van der Waals surface area contributed by atoms with Crippen LogP contribution in [-0.4, -0.2) is 15.6 Å². The Labute approximate surface area is 110 Å². The third-order valence-electron chi connectivity index (χ3n) is 2.94. The second-order valence-corrected chi connectivity index (χ2v) is 4.58. The Balaban J connectivity index is 2.57. The number of aromatic nitrogens is 1. The first-order valence-electron chi connectivity index (χ1n) is 5.98. The van der Waals surface area contributed by atoms with Gasteiger partial charge in [0.1, 0.15) is 0 Å². The molecule has 98 valence electrons. The Morgan fingerprint density at radius 2 is 2.00 bits per heavy atom. The number of carbonyl (C=O) groups is 1. The lowest BCUT2D eigenvalue weighted by Gasteiger charge is -2.12. The quantitative estimate of drug-likeness (QED) is 0.915. The van der Waals surface area contributed by atoms with Gasteiger partial charge in [-0.1, -0.05) is 12.1 Å². The SMILES string of the molecule is Cc1cccc(-n2cc(CC(=O)O)c(=O)cc2C)c1. The molecule has 0 bridgehead atoms. The van der Waals surface area contributed by atoms with Crippen molar-refractivity contribution in [1.29, 1.82) is 0 Å². The topological polar surface area (TPSA) is 59.3 Å². The van der Waals surface area contributed by atoms with Crippen molar-refractivity contribution in [3.63, 3.8) is 0 Å². The molecule has 0 unspecified atom stereocenters. The summed E-state index contributed by atoms with van der Waals surface area (Å²) < 4.78 is 1.84. The van der Waals surface area contributed by atoms with Crippen LogP contribution in [0.25, 0.3) is 5.69 Å². The van der Waals surface area contributed by atoms with Crippen molar-refractivity contribution in [3.05, 3.63) is 63.6 Å². The summed E-state index contributed by atoms with van der Waals surface area (Å²) in [4.78, 5) is 22.5. The molecule has 0 atom stereocenters. The van der Waals surface area contributed by atoms with Gasteiger partial charge < -0.3 is 9.67 Å². The second-order valence-electron chi connectivity index (χ2n) is 4.58. The number of nitrogens with zero attached hydrogens (tertiary/aromatic N) is 1. The Kier molecular flexibility index (Phi) is 3.51. The van der Waals surface area contributed by atoms with Crippen LogP contribution in [0.2, 0.25) is 0 Å². The molecule has 19 heavy (non-hydrogen) atoms. The molecule has 0 saturated carbocycles. The van der Waals surface area contributed by atoms with Crippen LogP contribution < -0.4 is 5.43 Å². The van der Waals surface area contributed by atoms with Crippen LogP contribution in [0, 0.1) is 13.8 Å². The number of carboxylic acids is 1. The van der Waals surface area contributed by atoms with Gasteiger partial charge in [0.2, 0.25) is 0 Å². The van der Waals surface area contributed by atoms with E-state index in [1.807, 2.05) is 42.7 Å². The van der Waals surface area contributed by atoms with Crippen molar-refractivity contribution in [2.75, 3.05) is 0 Å². The third-order valence-corrected chi connectivity index (χ3v) is 2.94. The van der Waals surface area contributed by atoms with Gasteiger partial charge in [-0.15, -0.1) is 0 Å². The lowest BCUT2D eigenvalue weighted by molar-refractivity contribution is -0.136. The minimum absolute atomic E-state index is 0.233. The number of hydrogen-bond acceptors (Lipinski definition) is 2. The van der Waals surface area contributed by atoms with E-state index < -0.39 is 5.97 Å². The molecular formula is C15H15NO3. The van der Waals surface area contributed by atoms with Crippen LogP contribution >= 0.6 is 0 Å². The van der Waals surface area contributed by atoms with Gasteiger partial charge in [0.05, 0.1) is 6.42 Å². The molecule has 1 aromatic heterocycles. The number of rotatable bonds is 3. The maximum Gasteiger partial charge on any atom is 0.308 e. The molecule has 4 nitrogen and oxygen atoms in total. The lowest BCUT2D eigenvalue weighted by atomic mass is 10.1. The van der Waals surface area contributed by atoms with Crippen molar-refractivity contribution in [2.24, 2.45) is 0 Å². The standard InChI is InChI=1S/C15H15NO3/c1-10-4-3-5-13(6-10)16-9-12(8-15(18)19)14(17)7-11(16)2/h3-7,9H,8H2,1-2H3,(H,18,19). The number of aryl methyl sites for hydroxylation is 2. The maximum absolute atomic E-state index is 11.7. The monoisotopic (exact) mass is 257 g/mol. The van der Waals surface area contributed by atoms with Gasteiger partial charge in [0.15, 0.2) is 5.43 Å². The van der Waals surface area contributed by atoms with Crippen molar-refractivity contribution >= 4 is 5.97 Å². The Morgan fingerprint density at radius 1 is 1.26 bits per heavy atom. The summed E-state index contributed by atoms with van der Waals surface area (Å²) in [5.74, 6) is -1.00. The molecule has 0 aliphatic heterocycles. The average molecular weight is 257 g/mol. The number of benzene rings is 1. The highest BCUT2D eigenvalue weighted by Gasteiger charge is 2.09. The minimum Gasteiger partial charge on any atom is -0.481 e. The van der Waals surface area contributed by atoms with Crippen LogP contribution in [0.5, 0.6) is 0 Å². The molecule has 0 amide bonds. The Morgan fingerprint density at radius 3 is 2.63 bits per heavy atom. The summed E-state index contributed by atoms with van der Waals surface area (Å²) in [6.45, 7) is 3.81. The van der Waals surface area contributed by atoms with Gasteiger partial charge in [0, 0.05) is 29.2 Å². The van der Waals surface area contributed by atoms with Crippen molar-refractivity contribution < 1.29 is 9.90 Å². The zero-order chi connectivity index (χ0) is 14.0. The molecule has 0 fully saturated rings. The van der Waals surface area contributed by atoms with Crippen LogP contribution in [-0.2, 0) is 11.2 Å². The van der Waals surface area contributed by atoms with E-state index in [0.29, 0.717) is 5.56 Å². The predicted octanol–water partition coefficient (Wildman–Crippen LogP) is 2.08. The largest absolute Gasteiger partial charge is 0.481 e. The summed E-state index contributed by atoms with van der Waals surface area (Å²) >= 11 is 0. The zero-order valence-electron chi connectivity index (χ0n) is 10.9. The van der Waals surface area contributed by atoms with Gasteiger partial charge >= 0.3 is 5.97 Å². The van der Waals surface area contributed by atoms with Crippen LogP contribution in [0.4, 0.5) is 0 Å². The fourth-order valence-electron chi connectivity index (χ4n) is 2.02. The lowest BCUT2D eigenvalue weighted by Crippen LogP contribution is -2.17. The van der Waals surface area contributed by atoms with E-state index in [1.54, 1.807) is 6.20 Å². The van der Waals surface area contributed by atoms with E-state index in [1.165, 1.54) is 6.07 Å². The minimum atomic E-state index is -1.00. The number of pyridine rings is 1. The normalized spacial score (nSPS) is 10.4. The van der Waals surface area contributed by atoms with Crippen molar-refractivity contribution in [2.45, 2.75) is 20.3 Å². The van der Waals surface area contributed by atoms with E-state index in [2.05, 4.69) is 0 Å². The van der Waals surface area contributed by atoms with E-state index >= 15 is 0 Å². The van der Waals surface area contributed by atoms with Crippen LogP contribution in [0.1, 0.15) is 16.8 Å². The average Bonchev–Trinajstić information content (AvgIpc) is 2.32. The molecule has 0 aliphatic carbocycles. The van der Waals surface area contributed by atoms with E-state index in [0.717, 1.165) is 16.9 Å². The summed E-state index contributed by atoms with van der Waals surface area (Å²) in [6.07, 6.45) is 1.35. The predicted molar refractivity (Wildman–Crippen MR) is 72.9 cm³/mol. The molecular weight excluding hydrogens is 242 g/mol. The smallest absolute Gasteiger partial charge is 0.308 e. The van der Waals surface area contributed by atoms with Crippen molar-refractivity contribution in [3.8, 4) is 5.69 Å². The summed E-state index contributed by atoms with van der Waals surface area (Å²) in [5.41, 5.74) is 2.87. The Hall–Kier alpha value is -2.36. The van der Waals surface area contributed by atoms with Gasteiger partial charge in [-0.25, -0.2) is 0 Å². The fourth-order valence-corrected chi connectivity index (χ4v) is 2.02. The molecule has 1 aromatic carbocycles. The molecule has 4 heteroatoms. The highest BCUT2D eigenvalue weighted by Crippen LogP contribution is 2.13. The summed E-state index contributed by atoms with van der Waals surface area (Å²) in [5, 5.41) is 8.82. The first kappa shape index (κ1) is 13.1. The van der Waals surface area contributed by atoms with Gasteiger partial charge in [-0.3, -0.25) is 9.59 Å². The van der Waals surface area contributed by atoms with E-state index in [9.17, 15) is 9.59 Å². The van der Waals surface area contributed by atoms with Gasteiger partial charge in [0.25, 0.3) is 0 Å². The van der Waals surface area contributed by atoms with E-state index in [-0.39, 0.29) is 11.8 Å². The maximum atomic E-state index is 11.7. The van der Waals surface area contributed by atoms with Gasteiger partial charge in [-0.2, -0.15) is 0 Å². The first-order chi connectivity index (χ1) is 8.97. The first-order valence-corrected chi connectivity index (χ1v) is 5.98. The molecule has 1 N–H and O–H groups in total. The molecule has 1 heterocycles. The summed E-state index contributed by atoms with van der Waals surface area (Å²) in [6, 6.07) is 9.30. The highest BCUT2D eigenvalue weighted by atomic mass is 16.4. The van der Waals surface area contributed by atoms with Crippen LogP contribution in [0.3, 0.4) is 0 Å². The van der Waals surface area contributed by atoms with Crippen molar-refractivity contribution in [1.82, 2.24) is 4.57 Å². The molecule has 0 aliphatic rings. The zero-order valence-corrected chi connectivity index (χ0v) is 10.9. The molecule has 0 saturated heterocycles. The molecule has 0 spiro atoms. The van der Waals surface area contributed by atoms with Crippen LogP contribution in [0.15, 0.2) is 41.3 Å².